The Morgan fingerprint density at radius 1 is 0.903 bits per heavy atom. The Morgan fingerprint density at radius 2 is 1.58 bits per heavy atom. The average molecular weight is 412 g/mol. The number of hydrogen-bond acceptors (Lipinski definition) is 2. The van der Waals surface area contributed by atoms with Crippen molar-refractivity contribution in [3.05, 3.63) is 107 Å². The Bertz CT molecular complexity index is 1030. The highest BCUT2D eigenvalue weighted by molar-refractivity contribution is 6.09. The molecule has 1 amide bonds. The molecule has 4 rings (SSSR count). The van der Waals surface area contributed by atoms with Gasteiger partial charge in [0.25, 0.3) is 0 Å². The molecule has 3 aromatic carbocycles. The fraction of sp³-hybridized carbons (Fsp3) is 0.286. The highest BCUT2D eigenvalue weighted by Gasteiger charge is 2.28. The van der Waals surface area contributed by atoms with Gasteiger partial charge in [-0.25, -0.2) is 0 Å². The SMILES string of the molecule is CC(C(=O)N1CCCC(Cc2ccccc2)C1)c1cccc(C(=O)c2ccccc2)c1. The van der Waals surface area contributed by atoms with Crippen LogP contribution in [0.3, 0.4) is 0 Å². The van der Waals surface area contributed by atoms with E-state index in [2.05, 4.69) is 24.3 Å². The lowest BCUT2D eigenvalue weighted by Crippen LogP contribution is -2.42. The average Bonchev–Trinajstić information content (AvgIpc) is 2.84. The third-order valence-electron chi connectivity index (χ3n) is 6.25. The second kappa shape index (κ2) is 9.74. The minimum atomic E-state index is -0.265. The molecule has 2 atom stereocenters. The van der Waals surface area contributed by atoms with Crippen molar-refractivity contribution in [2.45, 2.75) is 32.1 Å². The van der Waals surface area contributed by atoms with Crippen LogP contribution in [0, 0.1) is 5.92 Å². The van der Waals surface area contributed by atoms with Gasteiger partial charge in [-0.15, -0.1) is 0 Å². The molecular formula is C28H29NO2. The zero-order chi connectivity index (χ0) is 21.6. The molecule has 0 aliphatic carbocycles. The van der Waals surface area contributed by atoms with E-state index in [1.54, 1.807) is 0 Å². The zero-order valence-electron chi connectivity index (χ0n) is 18.0. The van der Waals surface area contributed by atoms with Crippen LogP contribution in [0.2, 0.25) is 0 Å². The number of piperidine rings is 1. The van der Waals surface area contributed by atoms with Gasteiger partial charge in [-0.3, -0.25) is 9.59 Å². The van der Waals surface area contributed by atoms with E-state index in [0.717, 1.165) is 37.9 Å². The van der Waals surface area contributed by atoms with E-state index in [9.17, 15) is 9.59 Å². The maximum absolute atomic E-state index is 13.3. The van der Waals surface area contributed by atoms with Crippen LogP contribution < -0.4 is 0 Å². The third-order valence-corrected chi connectivity index (χ3v) is 6.25. The number of benzene rings is 3. The van der Waals surface area contributed by atoms with Crippen molar-refractivity contribution >= 4 is 11.7 Å². The fourth-order valence-corrected chi connectivity index (χ4v) is 4.50. The minimum Gasteiger partial charge on any atom is -0.342 e. The van der Waals surface area contributed by atoms with Crippen LogP contribution in [0.15, 0.2) is 84.9 Å². The van der Waals surface area contributed by atoms with Gasteiger partial charge < -0.3 is 4.90 Å². The van der Waals surface area contributed by atoms with Crippen LogP contribution in [-0.4, -0.2) is 29.7 Å². The largest absolute Gasteiger partial charge is 0.342 e. The molecule has 3 heteroatoms. The number of hydrogen-bond donors (Lipinski definition) is 0. The Hall–Kier alpha value is -3.20. The van der Waals surface area contributed by atoms with Crippen molar-refractivity contribution in [3.63, 3.8) is 0 Å². The molecule has 1 saturated heterocycles. The van der Waals surface area contributed by atoms with Gasteiger partial charge in [0.05, 0.1) is 5.92 Å². The van der Waals surface area contributed by atoms with Crippen molar-refractivity contribution in [3.8, 4) is 0 Å². The molecule has 1 fully saturated rings. The second-order valence-electron chi connectivity index (χ2n) is 8.52. The summed E-state index contributed by atoms with van der Waals surface area (Å²) < 4.78 is 0. The van der Waals surface area contributed by atoms with E-state index in [-0.39, 0.29) is 17.6 Å². The summed E-state index contributed by atoms with van der Waals surface area (Å²) in [6.45, 7) is 3.58. The standard InChI is InChI=1S/C28H29NO2/c1-21(25-15-8-16-26(19-25)27(30)24-13-6-3-7-14-24)28(31)29-17-9-12-23(20-29)18-22-10-4-2-5-11-22/h2-8,10-11,13-16,19,21,23H,9,12,17-18,20H2,1H3. The Kier molecular flexibility index (Phi) is 6.61. The summed E-state index contributed by atoms with van der Waals surface area (Å²) in [6, 6.07) is 27.3. The molecule has 1 aliphatic rings. The third kappa shape index (κ3) is 5.11. The number of nitrogens with zero attached hydrogens (tertiary/aromatic N) is 1. The predicted octanol–water partition coefficient (Wildman–Crippen LogP) is 5.50. The highest BCUT2D eigenvalue weighted by Crippen LogP contribution is 2.26. The molecule has 3 nitrogen and oxygen atoms in total. The summed E-state index contributed by atoms with van der Waals surface area (Å²) >= 11 is 0. The molecule has 2 unspecified atom stereocenters. The molecule has 158 valence electrons. The maximum atomic E-state index is 13.3. The van der Waals surface area contributed by atoms with E-state index < -0.39 is 0 Å². The first-order valence-corrected chi connectivity index (χ1v) is 11.1. The van der Waals surface area contributed by atoms with E-state index >= 15 is 0 Å². The summed E-state index contributed by atoms with van der Waals surface area (Å²) in [5.41, 5.74) is 3.53. The number of amides is 1. The topological polar surface area (TPSA) is 37.4 Å². The lowest BCUT2D eigenvalue weighted by molar-refractivity contribution is -0.134. The molecule has 0 aromatic heterocycles. The van der Waals surface area contributed by atoms with Gasteiger partial charge >= 0.3 is 0 Å². The summed E-state index contributed by atoms with van der Waals surface area (Å²) in [6.07, 6.45) is 3.22. The normalized spacial score (nSPS) is 17.2. The van der Waals surface area contributed by atoms with Gasteiger partial charge in [-0.1, -0.05) is 78.9 Å². The van der Waals surface area contributed by atoms with E-state index in [0.29, 0.717) is 17.0 Å². The Labute approximate surface area is 184 Å². The second-order valence-corrected chi connectivity index (χ2v) is 8.52. The van der Waals surface area contributed by atoms with Gasteiger partial charge in [-0.2, -0.15) is 0 Å². The summed E-state index contributed by atoms with van der Waals surface area (Å²) in [5.74, 6) is 0.377. The predicted molar refractivity (Wildman–Crippen MR) is 124 cm³/mol. The Balaban J connectivity index is 1.44. The van der Waals surface area contributed by atoms with Crippen LogP contribution in [0.25, 0.3) is 0 Å². The summed E-state index contributed by atoms with van der Waals surface area (Å²) in [7, 11) is 0. The van der Waals surface area contributed by atoms with Crippen molar-refractivity contribution in [1.29, 1.82) is 0 Å². The summed E-state index contributed by atoms with van der Waals surface area (Å²) in [5, 5.41) is 0. The van der Waals surface area contributed by atoms with Crippen molar-refractivity contribution in [1.82, 2.24) is 4.90 Å². The van der Waals surface area contributed by atoms with Crippen molar-refractivity contribution in [2.24, 2.45) is 5.92 Å². The van der Waals surface area contributed by atoms with E-state index in [4.69, 9.17) is 0 Å². The van der Waals surface area contributed by atoms with Crippen LogP contribution in [0.5, 0.6) is 0 Å². The first kappa shape index (κ1) is 21.0. The molecule has 0 radical (unpaired) electrons. The summed E-state index contributed by atoms with van der Waals surface area (Å²) in [4.78, 5) is 28.1. The smallest absolute Gasteiger partial charge is 0.229 e. The molecule has 3 aromatic rings. The Morgan fingerprint density at radius 3 is 2.32 bits per heavy atom. The van der Waals surface area contributed by atoms with Crippen LogP contribution in [0.1, 0.15) is 52.7 Å². The molecular weight excluding hydrogens is 382 g/mol. The van der Waals surface area contributed by atoms with Gasteiger partial charge in [0.1, 0.15) is 0 Å². The zero-order valence-corrected chi connectivity index (χ0v) is 18.0. The number of carbonyl (C=O) groups is 2. The van der Waals surface area contributed by atoms with Crippen LogP contribution in [-0.2, 0) is 11.2 Å². The monoisotopic (exact) mass is 411 g/mol. The van der Waals surface area contributed by atoms with E-state index in [1.807, 2.05) is 72.5 Å². The lowest BCUT2D eigenvalue weighted by atomic mass is 9.89. The van der Waals surface area contributed by atoms with Gasteiger partial charge in [-0.05, 0) is 49.3 Å². The maximum Gasteiger partial charge on any atom is 0.229 e. The molecule has 31 heavy (non-hydrogen) atoms. The number of likely N-dealkylation sites (tertiary alicyclic amines) is 1. The highest BCUT2D eigenvalue weighted by atomic mass is 16.2. The quantitative estimate of drug-likeness (QED) is 0.502. The fourth-order valence-electron chi connectivity index (χ4n) is 4.50. The van der Waals surface area contributed by atoms with Crippen LogP contribution in [0.4, 0.5) is 0 Å². The van der Waals surface area contributed by atoms with Crippen molar-refractivity contribution < 1.29 is 9.59 Å². The molecule has 0 N–H and O–H groups in total. The molecule has 0 saturated carbocycles. The number of rotatable bonds is 6. The number of ketones is 1. The van der Waals surface area contributed by atoms with E-state index in [1.165, 1.54) is 5.56 Å². The molecule has 1 heterocycles. The van der Waals surface area contributed by atoms with Gasteiger partial charge in [0, 0.05) is 24.2 Å². The molecule has 1 aliphatic heterocycles. The van der Waals surface area contributed by atoms with Gasteiger partial charge in [0.15, 0.2) is 5.78 Å². The van der Waals surface area contributed by atoms with Crippen molar-refractivity contribution in [2.75, 3.05) is 13.1 Å². The first-order valence-electron chi connectivity index (χ1n) is 11.1. The lowest BCUT2D eigenvalue weighted by Gasteiger charge is -2.34. The first-order chi connectivity index (χ1) is 15.1. The molecule has 0 spiro atoms. The van der Waals surface area contributed by atoms with Gasteiger partial charge in [0.2, 0.25) is 5.91 Å². The number of carbonyl (C=O) groups excluding carboxylic acids is 2. The molecule has 0 bridgehead atoms. The van der Waals surface area contributed by atoms with Crippen LogP contribution >= 0.6 is 0 Å². The minimum absolute atomic E-state index is 0.0111.